The molecule has 0 aliphatic carbocycles. The Labute approximate surface area is 121 Å². The zero-order valence-electron chi connectivity index (χ0n) is 11.9. The van der Waals surface area contributed by atoms with Crippen LogP contribution in [0.25, 0.3) is 11.0 Å². The minimum Gasteiger partial charge on any atom is -0.489 e. The summed E-state index contributed by atoms with van der Waals surface area (Å²) in [5.74, 6) is -0.495. The number of carbonyl (C=O) groups is 1. The molecule has 2 rings (SSSR count). The van der Waals surface area contributed by atoms with Crippen LogP contribution in [0.15, 0.2) is 39.6 Å². The molecule has 0 saturated carbocycles. The molecule has 0 bridgehead atoms. The second-order valence-corrected chi connectivity index (χ2v) is 4.97. The predicted octanol–water partition coefficient (Wildman–Crippen LogP) is 2.68. The summed E-state index contributed by atoms with van der Waals surface area (Å²) in [4.78, 5) is 22.7. The van der Waals surface area contributed by atoms with Crippen LogP contribution in [0.1, 0.15) is 18.1 Å². The first-order chi connectivity index (χ1) is 9.88. The maximum Gasteiger partial charge on any atom is 0.340 e. The number of hydrogen-bond donors (Lipinski definition) is 1. The van der Waals surface area contributed by atoms with Crippen LogP contribution in [0.5, 0.6) is 5.75 Å². The van der Waals surface area contributed by atoms with Gasteiger partial charge in [-0.1, -0.05) is 6.58 Å². The summed E-state index contributed by atoms with van der Waals surface area (Å²) in [6.45, 7) is 7.69. The van der Waals surface area contributed by atoms with Gasteiger partial charge in [-0.15, -0.1) is 0 Å². The average molecular weight is 288 g/mol. The van der Waals surface area contributed by atoms with Crippen LogP contribution in [0.2, 0.25) is 0 Å². The lowest BCUT2D eigenvalue weighted by Crippen LogP contribution is -2.14. The average Bonchev–Trinajstić information content (AvgIpc) is 2.40. The second-order valence-electron chi connectivity index (χ2n) is 4.97. The molecule has 1 heterocycles. The van der Waals surface area contributed by atoms with E-state index in [1.54, 1.807) is 25.1 Å². The molecule has 110 valence electrons. The summed E-state index contributed by atoms with van der Waals surface area (Å²) in [7, 11) is 0. The molecule has 0 spiro atoms. The molecule has 0 radical (unpaired) electrons. The minimum atomic E-state index is -1.06. The third kappa shape index (κ3) is 3.31. The molecule has 0 amide bonds. The van der Waals surface area contributed by atoms with E-state index < -0.39 is 11.6 Å². The number of aryl methyl sites for hydroxylation is 1. The van der Waals surface area contributed by atoms with Crippen LogP contribution in [0, 0.1) is 6.92 Å². The normalized spacial score (nSPS) is 10.6. The van der Waals surface area contributed by atoms with Crippen molar-refractivity contribution >= 4 is 16.9 Å². The Morgan fingerprint density at radius 3 is 2.76 bits per heavy atom. The predicted molar refractivity (Wildman–Crippen MR) is 78.9 cm³/mol. The summed E-state index contributed by atoms with van der Waals surface area (Å²) in [6.07, 6.45) is -0.349. The van der Waals surface area contributed by atoms with Crippen molar-refractivity contribution < 1.29 is 19.1 Å². The fraction of sp³-hybridized carbons (Fsp3) is 0.250. The third-order valence-corrected chi connectivity index (χ3v) is 3.07. The fourth-order valence-corrected chi connectivity index (χ4v) is 2.03. The smallest absolute Gasteiger partial charge is 0.340 e. The molecule has 5 nitrogen and oxygen atoms in total. The van der Waals surface area contributed by atoms with Crippen LogP contribution >= 0.6 is 0 Å². The van der Waals surface area contributed by atoms with Crippen molar-refractivity contribution in [3.63, 3.8) is 0 Å². The molecular weight excluding hydrogens is 272 g/mol. The van der Waals surface area contributed by atoms with Crippen LogP contribution < -0.4 is 10.4 Å². The summed E-state index contributed by atoms with van der Waals surface area (Å²) < 4.78 is 10.7. The Hall–Kier alpha value is -2.56. The van der Waals surface area contributed by atoms with Gasteiger partial charge in [0.15, 0.2) is 0 Å². The van der Waals surface area contributed by atoms with E-state index in [9.17, 15) is 9.59 Å². The number of hydrogen-bond acceptors (Lipinski definition) is 4. The van der Waals surface area contributed by atoms with Gasteiger partial charge < -0.3 is 14.3 Å². The van der Waals surface area contributed by atoms with E-state index in [1.807, 2.05) is 6.92 Å². The van der Waals surface area contributed by atoms with E-state index in [0.29, 0.717) is 28.9 Å². The van der Waals surface area contributed by atoms with Crippen LogP contribution in [0.4, 0.5) is 0 Å². The van der Waals surface area contributed by atoms with E-state index in [1.165, 1.54) is 0 Å². The number of rotatable bonds is 5. The van der Waals surface area contributed by atoms with Crippen LogP contribution in [-0.2, 0) is 11.2 Å². The van der Waals surface area contributed by atoms with E-state index in [2.05, 4.69) is 6.58 Å². The van der Waals surface area contributed by atoms with Crippen molar-refractivity contribution in [3.8, 4) is 5.75 Å². The molecule has 0 atom stereocenters. The van der Waals surface area contributed by atoms with Crippen molar-refractivity contribution in [3.05, 3.63) is 51.9 Å². The maximum atomic E-state index is 11.9. The second kappa shape index (κ2) is 5.83. The summed E-state index contributed by atoms with van der Waals surface area (Å²) in [5, 5.41) is 9.55. The Bertz CT molecular complexity index is 770. The monoisotopic (exact) mass is 288 g/mol. The van der Waals surface area contributed by atoms with Crippen molar-refractivity contribution in [2.45, 2.75) is 20.3 Å². The van der Waals surface area contributed by atoms with Crippen LogP contribution in [0.3, 0.4) is 0 Å². The first-order valence-electron chi connectivity index (χ1n) is 6.44. The van der Waals surface area contributed by atoms with Gasteiger partial charge in [0.1, 0.15) is 17.9 Å². The van der Waals surface area contributed by atoms with Gasteiger partial charge in [0, 0.05) is 11.5 Å². The standard InChI is InChI=1S/C16H16O5/c1-9(2)8-20-11-4-5-12-10(3)13(7-15(17)18)16(19)21-14(12)6-11/h4-6H,1,7-8H2,2-3H3,(H,17,18). The largest absolute Gasteiger partial charge is 0.489 e. The fourth-order valence-electron chi connectivity index (χ4n) is 2.03. The Kier molecular flexibility index (Phi) is 4.12. The number of benzene rings is 1. The van der Waals surface area contributed by atoms with Gasteiger partial charge in [0.25, 0.3) is 0 Å². The highest BCUT2D eigenvalue weighted by Gasteiger charge is 2.14. The molecule has 1 aromatic heterocycles. The Morgan fingerprint density at radius 1 is 1.43 bits per heavy atom. The number of ether oxygens (including phenoxy) is 1. The first kappa shape index (κ1) is 14.8. The van der Waals surface area contributed by atoms with Crippen molar-refractivity contribution in [2.75, 3.05) is 6.61 Å². The maximum absolute atomic E-state index is 11.9. The van der Waals surface area contributed by atoms with Crippen molar-refractivity contribution in [2.24, 2.45) is 0 Å². The molecule has 0 saturated heterocycles. The lowest BCUT2D eigenvalue weighted by atomic mass is 10.0. The molecule has 0 aliphatic rings. The van der Waals surface area contributed by atoms with Crippen LogP contribution in [-0.4, -0.2) is 17.7 Å². The summed E-state index contributed by atoms with van der Waals surface area (Å²) in [5.41, 5.74) is 1.43. The minimum absolute atomic E-state index is 0.172. The van der Waals surface area contributed by atoms with Crippen molar-refractivity contribution in [1.82, 2.24) is 0 Å². The topological polar surface area (TPSA) is 76.7 Å². The molecule has 5 heteroatoms. The molecule has 0 fully saturated rings. The van der Waals surface area contributed by atoms with Gasteiger partial charge in [-0.3, -0.25) is 4.79 Å². The molecule has 0 aliphatic heterocycles. The van der Waals surface area contributed by atoms with Gasteiger partial charge in [-0.2, -0.15) is 0 Å². The van der Waals surface area contributed by atoms with Gasteiger partial charge in [0.2, 0.25) is 0 Å². The van der Waals surface area contributed by atoms with Gasteiger partial charge in [-0.05, 0) is 37.1 Å². The first-order valence-corrected chi connectivity index (χ1v) is 6.44. The highest BCUT2D eigenvalue weighted by molar-refractivity contribution is 5.83. The Morgan fingerprint density at radius 2 is 2.14 bits per heavy atom. The van der Waals surface area contributed by atoms with E-state index in [0.717, 1.165) is 5.57 Å². The summed E-state index contributed by atoms with van der Waals surface area (Å²) in [6, 6.07) is 5.13. The van der Waals surface area contributed by atoms with Gasteiger partial charge >= 0.3 is 11.6 Å². The molecule has 2 aromatic rings. The van der Waals surface area contributed by atoms with E-state index in [-0.39, 0.29) is 12.0 Å². The third-order valence-electron chi connectivity index (χ3n) is 3.07. The lowest BCUT2D eigenvalue weighted by Gasteiger charge is -2.09. The molecule has 1 aromatic carbocycles. The quantitative estimate of drug-likeness (QED) is 0.676. The number of aliphatic carboxylic acids is 1. The molecular formula is C16H16O5. The Balaban J connectivity index is 2.48. The number of carboxylic acid groups (broad SMARTS) is 1. The van der Waals surface area contributed by atoms with Gasteiger partial charge in [-0.25, -0.2) is 4.79 Å². The van der Waals surface area contributed by atoms with Crippen molar-refractivity contribution in [1.29, 1.82) is 0 Å². The van der Waals surface area contributed by atoms with E-state index >= 15 is 0 Å². The van der Waals surface area contributed by atoms with E-state index in [4.69, 9.17) is 14.3 Å². The SMILES string of the molecule is C=C(C)COc1ccc2c(C)c(CC(=O)O)c(=O)oc2c1. The zero-order chi connectivity index (χ0) is 15.6. The molecule has 0 unspecified atom stereocenters. The zero-order valence-corrected chi connectivity index (χ0v) is 11.9. The number of fused-ring (bicyclic) bond motifs is 1. The van der Waals surface area contributed by atoms with Gasteiger partial charge in [0.05, 0.1) is 12.0 Å². The highest BCUT2D eigenvalue weighted by atomic mass is 16.5. The lowest BCUT2D eigenvalue weighted by molar-refractivity contribution is -0.136. The number of carboxylic acids is 1. The highest BCUT2D eigenvalue weighted by Crippen LogP contribution is 2.24. The molecule has 1 N–H and O–H groups in total. The summed E-state index contributed by atoms with van der Waals surface area (Å²) >= 11 is 0. The molecule has 21 heavy (non-hydrogen) atoms.